The summed E-state index contributed by atoms with van der Waals surface area (Å²) in [5, 5.41) is 1.55. The van der Waals surface area contributed by atoms with Crippen LogP contribution in [0.2, 0.25) is 0 Å². The Bertz CT molecular complexity index is 838. The van der Waals surface area contributed by atoms with Crippen LogP contribution in [-0.2, 0) is 19.6 Å². The van der Waals surface area contributed by atoms with E-state index in [1.807, 2.05) is 12.1 Å². The van der Waals surface area contributed by atoms with Crippen LogP contribution in [0.4, 0.5) is 5.69 Å². The Hall–Kier alpha value is -2.08. The van der Waals surface area contributed by atoms with E-state index in [1.54, 1.807) is 24.3 Å². The zero-order chi connectivity index (χ0) is 13.9. The van der Waals surface area contributed by atoms with Crippen LogP contribution in [0.1, 0.15) is 6.42 Å². The molecular weight excluding hydrogens is 278 g/mol. The van der Waals surface area contributed by atoms with E-state index >= 15 is 0 Å². The summed E-state index contributed by atoms with van der Waals surface area (Å²) in [5.41, 5.74) is 0.571. The first-order chi connectivity index (χ1) is 9.60. The van der Waals surface area contributed by atoms with Crippen LogP contribution in [0.5, 0.6) is 0 Å². The maximum absolute atomic E-state index is 12.7. The third-order valence-electron chi connectivity index (χ3n) is 3.81. The Morgan fingerprint density at radius 2 is 1.90 bits per heavy atom. The maximum atomic E-state index is 12.7. The lowest BCUT2D eigenvalue weighted by molar-refractivity contribution is -0.138. The van der Waals surface area contributed by atoms with Gasteiger partial charge in [0.15, 0.2) is 0 Å². The number of hydrogen-bond acceptors (Lipinski definition) is 4. The van der Waals surface area contributed by atoms with Crippen molar-refractivity contribution in [2.75, 3.05) is 10.9 Å². The minimum absolute atomic E-state index is 0.266. The standard InChI is InChI=1S/C14H11NO4S/c16-14-11(7-8-19-14)15-10-5-1-3-9-4-2-6-12(13(9)10)20(15,17)18/h1-6,11H,7-8H2. The molecule has 2 aromatic carbocycles. The fourth-order valence-corrected chi connectivity index (χ4v) is 4.84. The molecule has 20 heavy (non-hydrogen) atoms. The summed E-state index contributed by atoms with van der Waals surface area (Å²) in [5.74, 6) is -0.474. The van der Waals surface area contributed by atoms with Crippen LogP contribution in [0.25, 0.3) is 10.8 Å². The number of carbonyl (C=O) groups excluding carboxylic acids is 1. The van der Waals surface area contributed by atoms with E-state index in [0.717, 1.165) is 5.39 Å². The molecule has 5 nitrogen and oxygen atoms in total. The molecule has 0 aliphatic carbocycles. The Morgan fingerprint density at radius 1 is 1.15 bits per heavy atom. The summed E-state index contributed by atoms with van der Waals surface area (Å²) in [7, 11) is -3.68. The van der Waals surface area contributed by atoms with Gasteiger partial charge in [0.25, 0.3) is 10.0 Å². The quantitative estimate of drug-likeness (QED) is 0.749. The van der Waals surface area contributed by atoms with E-state index in [9.17, 15) is 13.2 Å². The Labute approximate surface area is 115 Å². The van der Waals surface area contributed by atoms with Gasteiger partial charge < -0.3 is 4.74 Å². The molecule has 0 N–H and O–H groups in total. The third kappa shape index (κ3) is 1.31. The lowest BCUT2D eigenvalue weighted by Gasteiger charge is -2.22. The van der Waals surface area contributed by atoms with Crippen molar-refractivity contribution in [3.63, 3.8) is 0 Å². The van der Waals surface area contributed by atoms with Gasteiger partial charge in [0.05, 0.1) is 17.2 Å². The Morgan fingerprint density at radius 3 is 2.60 bits per heavy atom. The predicted molar refractivity (Wildman–Crippen MR) is 73.0 cm³/mol. The molecule has 102 valence electrons. The highest BCUT2D eigenvalue weighted by Crippen LogP contribution is 2.44. The maximum Gasteiger partial charge on any atom is 0.330 e. The molecule has 0 spiro atoms. The van der Waals surface area contributed by atoms with Crippen molar-refractivity contribution in [2.45, 2.75) is 17.4 Å². The number of esters is 1. The van der Waals surface area contributed by atoms with Gasteiger partial charge in [0.1, 0.15) is 6.04 Å². The minimum atomic E-state index is -3.68. The van der Waals surface area contributed by atoms with Crippen LogP contribution in [0.15, 0.2) is 41.3 Å². The molecule has 6 heteroatoms. The zero-order valence-electron chi connectivity index (χ0n) is 10.4. The largest absolute Gasteiger partial charge is 0.464 e. The molecule has 1 fully saturated rings. The van der Waals surface area contributed by atoms with Gasteiger partial charge in [0.2, 0.25) is 0 Å². The van der Waals surface area contributed by atoms with Crippen molar-refractivity contribution < 1.29 is 17.9 Å². The van der Waals surface area contributed by atoms with Gasteiger partial charge in [-0.3, -0.25) is 4.31 Å². The molecule has 0 saturated carbocycles. The third-order valence-corrected chi connectivity index (χ3v) is 5.67. The molecule has 2 heterocycles. The summed E-state index contributed by atoms with van der Waals surface area (Å²) in [6.07, 6.45) is 0.391. The molecule has 2 aliphatic rings. The number of rotatable bonds is 1. The summed E-state index contributed by atoms with van der Waals surface area (Å²) >= 11 is 0. The van der Waals surface area contributed by atoms with Gasteiger partial charge in [-0.15, -0.1) is 0 Å². The number of hydrogen-bond donors (Lipinski definition) is 0. The second kappa shape index (κ2) is 3.73. The highest BCUT2D eigenvalue weighted by Gasteiger charge is 2.45. The van der Waals surface area contributed by atoms with Crippen LogP contribution in [-0.4, -0.2) is 27.0 Å². The zero-order valence-corrected chi connectivity index (χ0v) is 11.3. The highest BCUT2D eigenvalue weighted by atomic mass is 32.2. The monoisotopic (exact) mass is 289 g/mol. The number of sulfonamides is 1. The lowest BCUT2D eigenvalue weighted by Crippen LogP contribution is -2.40. The Balaban J connectivity index is 2.04. The molecule has 1 unspecified atom stereocenters. The summed E-state index contributed by atoms with van der Waals surface area (Å²) in [4.78, 5) is 12.1. The second-order valence-corrected chi connectivity index (χ2v) is 6.69. The fourth-order valence-electron chi connectivity index (χ4n) is 2.95. The van der Waals surface area contributed by atoms with Crippen molar-refractivity contribution in [1.82, 2.24) is 0 Å². The molecular formula is C14H11NO4S. The van der Waals surface area contributed by atoms with Gasteiger partial charge in [-0.2, -0.15) is 0 Å². The van der Waals surface area contributed by atoms with E-state index in [1.165, 1.54) is 4.31 Å². The van der Waals surface area contributed by atoms with Crippen molar-refractivity contribution in [3.8, 4) is 0 Å². The number of benzene rings is 2. The van der Waals surface area contributed by atoms with Gasteiger partial charge in [-0.1, -0.05) is 24.3 Å². The van der Waals surface area contributed by atoms with Crippen molar-refractivity contribution in [3.05, 3.63) is 36.4 Å². The van der Waals surface area contributed by atoms with E-state index < -0.39 is 22.0 Å². The van der Waals surface area contributed by atoms with Crippen LogP contribution in [0, 0.1) is 0 Å². The second-order valence-electron chi connectivity index (χ2n) is 4.90. The normalized spacial score (nSPS) is 23.3. The van der Waals surface area contributed by atoms with Crippen molar-refractivity contribution in [2.24, 2.45) is 0 Å². The Kier molecular flexibility index (Phi) is 2.18. The van der Waals surface area contributed by atoms with Crippen LogP contribution < -0.4 is 4.31 Å². The van der Waals surface area contributed by atoms with Crippen LogP contribution >= 0.6 is 0 Å². The summed E-state index contributed by atoms with van der Waals surface area (Å²) in [6, 6.07) is 9.83. The minimum Gasteiger partial charge on any atom is -0.464 e. The number of carbonyl (C=O) groups is 1. The summed E-state index contributed by atoms with van der Waals surface area (Å²) in [6.45, 7) is 0.266. The molecule has 0 amide bonds. The van der Waals surface area contributed by atoms with Crippen LogP contribution in [0.3, 0.4) is 0 Å². The molecule has 0 radical (unpaired) electrons. The van der Waals surface area contributed by atoms with E-state index in [2.05, 4.69) is 0 Å². The molecule has 1 atom stereocenters. The lowest BCUT2D eigenvalue weighted by atomic mass is 10.1. The average Bonchev–Trinajstić information content (AvgIpc) is 2.93. The summed E-state index contributed by atoms with van der Waals surface area (Å²) < 4.78 is 31.6. The molecule has 2 aliphatic heterocycles. The van der Waals surface area contributed by atoms with Crippen molar-refractivity contribution >= 4 is 32.5 Å². The predicted octanol–water partition coefficient (Wildman–Crippen LogP) is 1.66. The smallest absolute Gasteiger partial charge is 0.330 e. The van der Waals surface area contributed by atoms with E-state index in [-0.39, 0.29) is 11.5 Å². The molecule has 4 rings (SSSR count). The highest BCUT2D eigenvalue weighted by molar-refractivity contribution is 7.93. The van der Waals surface area contributed by atoms with Gasteiger partial charge in [0, 0.05) is 11.8 Å². The molecule has 2 aromatic rings. The topological polar surface area (TPSA) is 63.7 Å². The first kappa shape index (κ1) is 11.7. The fraction of sp³-hybridized carbons (Fsp3) is 0.214. The molecule has 0 bridgehead atoms. The first-order valence-corrected chi connectivity index (χ1v) is 7.77. The number of ether oxygens (including phenoxy) is 1. The van der Waals surface area contributed by atoms with Crippen molar-refractivity contribution in [1.29, 1.82) is 0 Å². The molecule has 0 aromatic heterocycles. The van der Waals surface area contributed by atoms with E-state index in [0.29, 0.717) is 17.5 Å². The van der Waals surface area contributed by atoms with Gasteiger partial charge in [-0.25, -0.2) is 13.2 Å². The number of cyclic esters (lactones) is 1. The number of anilines is 1. The SMILES string of the molecule is O=C1OCCC1N1c2cccc3cccc(c23)S1(=O)=O. The van der Waals surface area contributed by atoms with Gasteiger partial charge >= 0.3 is 5.97 Å². The first-order valence-electron chi connectivity index (χ1n) is 6.33. The molecule has 1 saturated heterocycles. The van der Waals surface area contributed by atoms with E-state index in [4.69, 9.17) is 4.74 Å². The number of nitrogens with zero attached hydrogens (tertiary/aromatic N) is 1. The van der Waals surface area contributed by atoms with Gasteiger partial charge in [-0.05, 0) is 17.5 Å². The average molecular weight is 289 g/mol.